The number of hydrogen-bond acceptors (Lipinski definition) is 3. The molecule has 66 valence electrons. The van der Waals surface area contributed by atoms with Gasteiger partial charge in [0.15, 0.2) is 0 Å². The fourth-order valence-electron chi connectivity index (χ4n) is 1.02. The molecule has 1 heterocycles. The summed E-state index contributed by atoms with van der Waals surface area (Å²) >= 11 is 3.37. The first-order chi connectivity index (χ1) is 6.25. The number of aromatic nitrogens is 3. The Hall–Kier alpha value is -1.36. The zero-order valence-electron chi connectivity index (χ0n) is 6.68. The van der Waals surface area contributed by atoms with E-state index in [1.807, 2.05) is 24.3 Å². The molecule has 2 aromatic rings. The van der Waals surface area contributed by atoms with Gasteiger partial charge in [-0.25, -0.2) is 9.67 Å². The lowest BCUT2D eigenvalue weighted by Crippen LogP contribution is -1.95. The molecule has 0 atom stereocenters. The predicted molar refractivity (Wildman–Crippen MR) is 53.5 cm³/mol. The van der Waals surface area contributed by atoms with E-state index in [4.69, 9.17) is 5.73 Å². The van der Waals surface area contributed by atoms with Crippen LogP contribution in [0.2, 0.25) is 0 Å². The summed E-state index contributed by atoms with van der Waals surface area (Å²) in [6.45, 7) is 0. The maximum Gasteiger partial charge on any atom is 0.239 e. The maximum absolute atomic E-state index is 5.40. The molecule has 4 nitrogen and oxygen atoms in total. The molecular weight excluding hydrogens is 232 g/mol. The lowest BCUT2D eigenvalue weighted by molar-refractivity contribution is 0.882. The van der Waals surface area contributed by atoms with Crippen molar-refractivity contribution in [2.45, 2.75) is 0 Å². The summed E-state index contributed by atoms with van der Waals surface area (Å²) in [4.78, 5) is 3.84. The molecule has 5 heteroatoms. The van der Waals surface area contributed by atoms with Gasteiger partial charge in [-0.05, 0) is 18.2 Å². The van der Waals surface area contributed by atoms with E-state index < -0.39 is 0 Å². The molecule has 0 spiro atoms. The standard InChI is InChI=1S/C8H7BrN4/c9-6-2-1-3-7(4-6)13-5-11-8(10)12-13/h1-5H,(H2,10,12). The van der Waals surface area contributed by atoms with Crippen molar-refractivity contribution in [2.75, 3.05) is 5.73 Å². The van der Waals surface area contributed by atoms with Crippen LogP contribution < -0.4 is 5.73 Å². The van der Waals surface area contributed by atoms with Crippen LogP contribution in [0.25, 0.3) is 5.69 Å². The molecule has 0 amide bonds. The third kappa shape index (κ3) is 1.70. The van der Waals surface area contributed by atoms with Crippen molar-refractivity contribution < 1.29 is 0 Å². The number of rotatable bonds is 1. The van der Waals surface area contributed by atoms with Gasteiger partial charge in [0.1, 0.15) is 6.33 Å². The van der Waals surface area contributed by atoms with Gasteiger partial charge in [0.05, 0.1) is 5.69 Å². The minimum absolute atomic E-state index is 0.278. The normalized spacial score (nSPS) is 10.2. The molecule has 2 rings (SSSR count). The number of hydrogen-bond donors (Lipinski definition) is 1. The van der Waals surface area contributed by atoms with Crippen molar-refractivity contribution >= 4 is 21.9 Å². The monoisotopic (exact) mass is 238 g/mol. The molecule has 0 unspecified atom stereocenters. The fraction of sp³-hybridized carbons (Fsp3) is 0. The maximum atomic E-state index is 5.40. The van der Waals surface area contributed by atoms with Gasteiger partial charge in [0, 0.05) is 4.47 Å². The second-order valence-corrected chi connectivity index (χ2v) is 3.44. The topological polar surface area (TPSA) is 56.7 Å². The van der Waals surface area contributed by atoms with Crippen molar-refractivity contribution in [1.82, 2.24) is 14.8 Å². The summed E-state index contributed by atoms with van der Waals surface area (Å²) in [5, 5.41) is 3.98. The van der Waals surface area contributed by atoms with Crippen LogP contribution in [-0.4, -0.2) is 14.8 Å². The highest BCUT2D eigenvalue weighted by atomic mass is 79.9. The zero-order valence-corrected chi connectivity index (χ0v) is 8.27. The van der Waals surface area contributed by atoms with Gasteiger partial charge < -0.3 is 5.73 Å². The van der Waals surface area contributed by atoms with Gasteiger partial charge in [-0.2, -0.15) is 0 Å². The minimum atomic E-state index is 0.278. The van der Waals surface area contributed by atoms with Gasteiger partial charge in [0.2, 0.25) is 5.95 Å². The third-order valence-electron chi connectivity index (χ3n) is 1.58. The Morgan fingerprint density at radius 3 is 2.85 bits per heavy atom. The highest BCUT2D eigenvalue weighted by Crippen LogP contribution is 2.14. The summed E-state index contributed by atoms with van der Waals surface area (Å²) in [5.74, 6) is 0.278. The highest BCUT2D eigenvalue weighted by Gasteiger charge is 1.98. The average Bonchev–Trinajstić information content (AvgIpc) is 2.52. The Bertz CT molecular complexity index is 424. The highest BCUT2D eigenvalue weighted by molar-refractivity contribution is 9.10. The van der Waals surface area contributed by atoms with E-state index in [2.05, 4.69) is 26.0 Å². The minimum Gasteiger partial charge on any atom is -0.366 e. The number of anilines is 1. The van der Waals surface area contributed by atoms with Crippen LogP contribution in [0.4, 0.5) is 5.95 Å². The quantitative estimate of drug-likeness (QED) is 0.822. The van der Waals surface area contributed by atoms with E-state index in [1.54, 1.807) is 11.0 Å². The van der Waals surface area contributed by atoms with Crippen LogP contribution >= 0.6 is 15.9 Å². The first-order valence-electron chi connectivity index (χ1n) is 3.69. The SMILES string of the molecule is Nc1ncn(-c2cccc(Br)c2)n1. The molecule has 0 bridgehead atoms. The second kappa shape index (κ2) is 3.18. The molecule has 13 heavy (non-hydrogen) atoms. The largest absolute Gasteiger partial charge is 0.366 e. The van der Waals surface area contributed by atoms with Crippen molar-refractivity contribution in [3.05, 3.63) is 35.1 Å². The smallest absolute Gasteiger partial charge is 0.239 e. The molecule has 0 aliphatic carbocycles. The molecule has 0 saturated carbocycles. The molecule has 0 saturated heterocycles. The average molecular weight is 239 g/mol. The molecule has 0 fully saturated rings. The molecule has 0 radical (unpaired) electrons. The summed E-state index contributed by atoms with van der Waals surface area (Å²) in [7, 11) is 0. The molecule has 1 aromatic carbocycles. The van der Waals surface area contributed by atoms with Crippen LogP contribution in [-0.2, 0) is 0 Å². The first-order valence-corrected chi connectivity index (χ1v) is 4.48. The van der Waals surface area contributed by atoms with Crippen molar-refractivity contribution in [2.24, 2.45) is 0 Å². The Morgan fingerprint density at radius 1 is 1.38 bits per heavy atom. The Balaban J connectivity index is 2.46. The number of benzene rings is 1. The van der Waals surface area contributed by atoms with Crippen molar-refractivity contribution in [1.29, 1.82) is 0 Å². The molecule has 0 aliphatic heterocycles. The molecule has 1 aromatic heterocycles. The number of nitrogen functional groups attached to an aromatic ring is 1. The Kier molecular flexibility index (Phi) is 2.02. The van der Waals surface area contributed by atoms with Gasteiger partial charge >= 0.3 is 0 Å². The fourth-order valence-corrected chi connectivity index (χ4v) is 1.41. The van der Waals surface area contributed by atoms with E-state index >= 15 is 0 Å². The third-order valence-corrected chi connectivity index (χ3v) is 2.08. The number of nitrogens with zero attached hydrogens (tertiary/aromatic N) is 3. The summed E-state index contributed by atoms with van der Waals surface area (Å²) in [6.07, 6.45) is 1.58. The van der Waals surface area contributed by atoms with E-state index in [-0.39, 0.29) is 5.95 Å². The van der Waals surface area contributed by atoms with Crippen molar-refractivity contribution in [3.8, 4) is 5.69 Å². The van der Waals surface area contributed by atoms with Gasteiger partial charge in [-0.1, -0.05) is 22.0 Å². The first kappa shape index (κ1) is 8.25. The number of halogens is 1. The van der Waals surface area contributed by atoms with Gasteiger partial charge in [-0.3, -0.25) is 0 Å². The predicted octanol–water partition coefficient (Wildman–Crippen LogP) is 1.61. The van der Waals surface area contributed by atoms with E-state index in [9.17, 15) is 0 Å². The van der Waals surface area contributed by atoms with Crippen LogP contribution in [0.1, 0.15) is 0 Å². The van der Waals surface area contributed by atoms with Crippen LogP contribution in [0, 0.1) is 0 Å². The van der Waals surface area contributed by atoms with Crippen molar-refractivity contribution in [3.63, 3.8) is 0 Å². The lowest BCUT2D eigenvalue weighted by Gasteiger charge is -1.99. The zero-order chi connectivity index (χ0) is 9.26. The van der Waals surface area contributed by atoms with Crippen LogP contribution in [0.15, 0.2) is 35.1 Å². The lowest BCUT2D eigenvalue weighted by atomic mass is 10.3. The van der Waals surface area contributed by atoms with Crippen LogP contribution in [0.5, 0.6) is 0 Å². The molecule has 2 N–H and O–H groups in total. The summed E-state index contributed by atoms with van der Waals surface area (Å²) < 4.78 is 2.62. The van der Waals surface area contributed by atoms with E-state index in [0.29, 0.717) is 0 Å². The molecule has 0 aliphatic rings. The van der Waals surface area contributed by atoms with Crippen LogP contribution in [0.3, 0.4) is 0 Å². The van der Waals surface area contributed by atoms with E-state index in [1.165, 1.54) is 0 Å². The Labute approximate surface area is 83.5 Å². The van der Waals surface area contributed by atoms with Gasteiger partial charge in [-0.15, -0.1) is 5.10 Å². The number of nitrogens with two attached hydrogens (primary N) is 1. The molecular formula is C8H7BrN4. The Morgan fingerprint density at radius 2 is 2.23 bits per heavy atom. The summed E-state index contributed by atoms with van der Waals surface area (Å²) in [6, 6.07) is 7.74. The van der Waals surface area contributed by atoms with Gasteiger partial charge in [0.25, 0.3) is 0 Å². The van der Waals surface area contributed by atoms with E-state index in [0.717, 1.165) is 10.2 Å². The second-order valence-electron chi connectivity index (χ2n) is 2.53. The summed E-state index contributed by atoms with van der Waals surface area (Å²) in [5.41, 5.74) is 6.33.